The molecule has 76 valence electrons. The maximum Gasteiger partial charge on any atom is 0.296 e. The van der Waals surface area contributed by atoms with Crippen molar-refractivity contribution in [1.29, 1.82) is 0 Å². The van der Waals surface area contributed by atoms with Crippen LogP contribution in [0.3, 0.4) is 0 Å². The number of aromatic nitrogens is 1. The summed E-state index contributed by atoms with van der Waals surface area (Å²) in [5.41, 5.74) is 2.29. The summed E-state index contributed by atoms with van der Waals surface area (Å²) in [7, 11) is 0. The van der Waals surface area contributed by atoms with E-state index in [0.717, 1.165) is 0 Å². The molecule has 0 aliphatic heterocycles. The third kappa shape index (κ3) is 1.52. The van der Waals surface area contributed by atoms with Gasteiger partial charge in [0.2, 0.25) is 6.41 Å². The monoisotopic (exact) mass is 223 g/mol. The van der Waals surface area contributed by atoms with Gasteiger partial charge in [-0.3, -0.25) is 14.9 Å². The lowest BCUT2D eigenvalue weighted by atomic mass is 10.2. The van der Waals surface area contributed by atoms with E-state index < -0.39 is 4.92 Å². The van der Waals surface area contributed by atoms with Gasteiger partial charge in [0.15, 0.2) is 5.52 Å². The Bertz CT molecular complexity index is 537. The summed E-state index contributed by atoms with van der Waals surface area (Å²) < 4.78 is 0.608. The van der Waals surface area contributed by atoms with Crippen LogP contribution in [0.2, 0.25) is 0 Å². The van der Waals surface area contributed by atoms with E-state index in [1.807, 2.05) is 0 Å². The second-order valence-corrected chi connectivity index (χ2v) is 3.54. The Balaban J connectivity index is 2.70. The van der Waals surface area contributed by atoms with Crippen LogP contribution in [-0.4, -0.2) is 16.3 Å². The Morgan fingerprint density at radius 2 is 2.33 bits per heavy atom. The van der Waals surface area contributed by atoms with Crippen molar-refractivity contribution in [3.05, 3.63) is 27.8 Å². The van der Waals surface area contributed by atoms with Crippen LogP contribution in [0.15, 0.2) is 17.6 Å². The van der Waals surface area contributed by atoms with Crippen LogP contribution in [-0.2, 0) is 4.79 Å². The summed E-state index contributed by atoms with van der Waals surface area (Å²) in [5.74, 6) is 0. The van der Waals surface area contributed by atoms with Gasteiger partial charge < -0.3 is 5.32 Å². The Labute approximate surface area is 87.7 Å². The second kappa shape index (κ2) is 3.62. The van der Waals surface area contributed by atoms with Gasteiger partial charge >= 0.3 is 0 Å². The molecular formula is C8H5N3O3S. The molecule has 6 nitrogen and oxygen atoms in total. The molecule has 0 fully saturated rings. The Morgan fingerprint density at radius 3 is 3.00 bits per heavy atom. The lowest BCUT2D eigenvalue weighted by molar-refractivity contribution is -0.383. The minimum Gasteiger partial charge on any atom is -0.327 e. The van der Waals surface area contributed by atoms with Gasteiger partial charge in [-0.1, -0.05) is 0 Å². The number of fused-ring (bicyclic) bond motifs is 1. The zero-order valence-electron chi connectivity index (χ0n) is 7.34. The fourth-order valence-corrected chi connectivity index (χ4v) is 2.05. The molecule has 0 radical (unpaired) electrons. The molecule has 2 aromatic rings. The largest absolute Gasteiger partial charge is 0.327 e. The number of rotatable bonds is 3. The Kier molecular flexibility index (Phi) is 2.30. The number of carbonyl (C=O) groups excluding carboxylic acids is 1. The van der Waals surface area contributed by atoms with Crippen molar-refractivity contribution in [1.82, 2.24) is 4.98 Å². The molecule has 1 amide bonds. The molecule has 0 aliphatic rings. The fourth-order valence-electron chi connectivity index (χ4n) is 1.26. The molecule has 0 spiro atoms. The third-order valence-electron chi connectivity index (χ3n) is 1.87. The lowest BCUT2D eigenvalue weighted by Gasteiger charge is -1.99. The maximum atomic E-state index is 10.7. The molecule has 1 aromatic carbocycles. The summed E-state index contributed by atoms with van der Waals surface area (Å²) in [6.45, 7) is 0. The molecule has 0 aliphatic carbocycles. The van der Waals surface area contributed by atoms with Crippen LogP contribution in [0, 0.1) is 10.1 Å². The highest BCUT2D eigenvalue weighted by atomic mass is 32.1. The van der Waals surface area contributed by atoms with Gasteiger partial charge in [0.05, 0.1) is 20.8 Å². The van der Waals surface area contributed by atoms with Crippen LogP contribution in [0.25, 0.3) is 10.2 Å². The first kappa shape index (κ1) is 9.53. The van der Waals surface area contributed by atoms with Crippen molar-refractivity contribution < 1.29 is 9.72 Å². The Morgan fingerprint density at radius 1 is 1.53 bits per heavy atom. The highest BCUT2D eigenvalue weighted by Gasteiger charge is 2.16. The van der Waals surface area contributed by atoms with Gasteiger partial charge in [-0.05, 0) is 6.07 Å². The van der Waals surface area contributed by atoms with E-state index >= 15 is 0 Å². The van der Waals surface area contributed by atoms with E-state index in [1.165, 1.54) is 29.0 Å². The minimum absolute atomic E-state index is 0.0531. The number of amides is 1. The van der Waals surface area contributed by atoms with Crippen molar-refractivity contribution in [2.24, 2.45) is 0 Å². The Hall–Kier alpha value is -2.02. The van der Waals surface area contributed by atoms with Gasteiger partial charge in [0.1, 0.15) is 0 Å². The SMILES string of the molecule is O=CNc1ccc([N+](=O)[O-])c2ncsc12. The van der Waals surface area contributed by atoms with Gasteiger partial charge in [-0.25, -0.2) is 4.98 Å². The third-order valence-corrected chi connectivity index (χ3v) is 2.73. The average molecular weight is 223 g/mol. The predicted molar refractivity (Wildman–Crippen MR) is 56.0 cm³/mol. The van der Waals surface area contributed by atoms with Crippen molar-refractivity contribution in [3.8, 4) is 0 Å². The molecule has 7 heteroatoms. The molecule has 0 saturated carbocycles. The fraction of sp³-hybridized carbons (Fsp3) is 0. The number of anilines is 1. The summed E-state index contributed by atoms with van der Waals surface area (Å²) in [6, 6.07) is 2.82. The smallest absolute Gasteiger partial charge is 0.296 e. The number of non-ortho nitro benzene ring substituents is 1. The van der Waals surface area contributed by atoms with Crippen LogP contribution < -0.4 is 5.32 Å². The molecule has 0 unspecified atom stereocenters. The summed E-state index contributed by atoms with van der Waals surface area (Å²) >= 11 is 1.25. The van der Waals surface area contributed by atoms with E-state index in [-0.39, 0.29) is 5.69 Å². The first-order chi connectivity index (χ1) is 7.24. The molecule has 2 rings (SSSR count). The molecule has 1 aromatic heterocycles. The van der Waals surface area contributed by atoms with E-state index in [4.69, 9.17) is 0 Å². The number of benzene rings is 1. The van der Waals surface area contributed by atoms with Crippen molar-refractivity contribution >= 4 is 39.3 Å². The van der Waals surface area contributed by atoms with Gasteiger partial charge in [-0.15, -0.1) is 11.3 Å². The molecule has 15 heavy (non-hydrogen) atoms. The number of nitro benzene ring substituents is 1. The van der Waals surface area contributed by atoms with E-state index in [1.54, 1.807) is 0 Å². The number of hydrogen-bond acceptors (Lipinski definition) is 5. The van der Waals surface area contributed by atoms with Crippen LogP contribution >= 0.6 is 11.3 Å². The summed E-state index contributed by atoms with van der Waals surface area (Å²) in [6.07, 6.45) is 0.528. The molecule has 0 bridgehead atoms. The predicted octanol–water partition coefficient (Wildman–Crippen LogP) is 1.77. The zero-order valence-corrected chi connectivity index (χ0v) is 8.15. The lowest BCUT2D eigenvalue weighted by Crippen LogP contribution is -1.95. The molecule has 0 saturated heterocycles. The van der Waals surface area contributed by atoms with Crippen molar-refractivity contribution in [3.63, 3.8) is 0 Å². The number of hydrogen-bond donors (Lipinski definition) is 1. The maximum absolute atomic E-state index is 10.7. The standard InChI is InChI=1S/C8H5N3O3S/c12-3-9-5-1-2-6(11(13)14)7-8(5)15-4-10-7/h1-4H,(H,9,12). The molecule has 1 heterocycles. The van der Waals surface area contributed by atoms with E-state index in [2.05, 4.69) is 10.3 Å². The number of nitro groups is 1. The first-order valence-corrected chi connectivity index (χ1v) is 4.83. The molecule has 0 atom stereocenters. The number of carbonyl (C=O) groups is 1. The van der Waals surface area contributed by atoms with Gasteiger partial charge in [-0.2, -0.15) is 0 Å². The average Bonchev–Trinajstić information content (AvgIpc) is 2.66. The number of thiazole rings is 1. The normalized spacial score (nSPS) is 10.1. The minimum atomic E-state index is -0.493. The summed E-state index contributed by atoms with van der Waals surface area (Å²) in [4.78, 5) is 24.4. The first-order valence-electron chi connectivity index (χ1n) is 3.95. The number of nitrogens with one attached hydrogen (secondary N) is 1. The zero-order chi connectivity index (χ0) is 10.8. The van der Waals surface area contributed by atoms with Crippen molar-refractivity contribution in [2.75, 3.05) is 5.32 Å². The summed E-state index contributed by atoms with van der Waals surface area (Å²) in [5, 5.41) is 13.1. The van der Waals surface area contributed by atoms with Crippen molar-refractivity contribution in [2.45, 2.75) is 0 Å². The quantitative estimate of drug-likeness (QED) is 0.488. The van der Waals surface area contributed by atoms with Crippen LogP contribution in [0.5, 0.6) is 0 Å². The number of nitrogens with zero attached hydrogens (tertiary/aromatic N) is 2. The highest BCUT2D eigenvalue weighted by molar-refractivity contribution is 7.17. The molecular weight excluding hydrogens is 218 g/mol. The highest BCUT2D eigenvalue weighted by Crippen LogP contribution is 2.32. The van der Waals surface area contributed by atoms with Crippen LogP contribution in [0.4, 0.5) is 11.4 Å². The van der Waals surface area contributed by atoms with E-state index in [0.29, 0.717) is 22.3 Å². The van der Waals surface area contributed by atoms with E-state index in [9.17, 15) is 14.9 Å². The topological polar surface area (TPSA) is 85.1 Å². The van der Waals surface area contributed by atoms with Gasteiger partial charge in [0.25, 0.3) is 5.69 Å². The molecule has 1 N–H and O–H groups in total. The second-order valence-electron chi connectivity index (χ2n) is 2.68. The van der Waals surface area contributed by atoms with Gasteiger partial charge in [0, 0.05) is 6.07 Å². The van der Waals surface area contributed by atoms with Crippen LogP contribution in [0.1, 0.15) is 0 Å².